The molecule has 0 saturated carbocycles. The molecule has 1 aromatic rings. The Morgan fingerprint density at radius 2 is 2.33 bits per heavy atom. The average molecular weight is 312 g/mol. The van der Waals surface area contributed by atoms with Crippen LogP contribution >= 0.6 is 11.6 Å². The smallest absolute Gasteiger partial charge is 0.294 e. The molecule has 0 aromatic heterocycles. The van der Waals surface area contributed by atoms with Crippen LogP contribution in [-0.4, -0.2) is 31.1 Å². The minimum atomic E-state index is -0.344. The standard InChI is InChI=1S/C15H22ClN3O2/c1-2-8-18(11-12-4-3-7-17-10-12)14-6-5-13(16)9-15(14)19(20)21/h5-6,9,12,17H,2-4,7-8,10-11H2,1H3. The van der Waals surface area contributed by atoms with Crippen molar-refractivity contribution < 1.29 is 4.92 Å². The summed E-state index contributed by atoms with van der Waals surface area (Å²) in [6.07, 6.45) is 3.31. The number of nitro benzene ring substituents is 1. The van der Waals surface area contributed by atoms with Crippen LogP contribution in [0.4, 0.5) is 11.4 Å². The first-order valence-corrected chi connectivity index (χ1v) is 7.89. The first-order valence-electron chi connectivity index (χ1n) is 7.51. The Bertz CT molecular complexity index is 490. The number of benzene rings is 1. The van der Waals surface area contributed by atoms with Gasteiger partial charge in [-0.3, -0.25) is 10.1 Å². The second-order valence-electron chi connectivity index (χ2n) is 5.55. The van der Waals surface area contributed by atoms with E-state index in [1.165, 1.54) is 18.9 Å². The maximum Gasteiger partial charge on any atom is 0.294 e. The minimum Gasteiger partial charge on any atom is -0.366 e. The summed E-state index contributed by atoms with van der Waals surface area (Å²) in [6, 6.07) is 4.94. The van der Waals surface area contributed by atoms with Gasteiger partial charge in [-0.05, 0) is 50.4 Å². The van der Waals surface area contributed by atoms with Gasteiger partial charge in [0, 0.05) is 24.2 Å². The third-order valence-corrected chi connectivity index (χ3v) is 4.08. The summed E-state index contributed by atoms with van der Waals surface area (Å²) < 4.78 is 0. The molecule has 0 aliphatic carbocycles. The van der Waals surface area contributed by atoms with Crippen molar-refractivity contribution in [3.63, 3.8) is 0 Å². The summed E-state index contributed by atoms with van der Waals surface area (Å²) in [5, 5.41) is 15.1. The molecule has 1 aliphatic rings. The van der Waals surface area contributed by atoms with Crippen molar-refractivity contribution in [3.8, 4) is 0 Å². The summed E-state index contributed by atoms with van der Waals surface area (Å²) in [7, 11) is 0. The largest absolute Gasteiger partial charge is 0.366 e. The lowest BCUT2D eigenvalue weighted by molar-refractivity contribution is -0.384. The molecule has 21 heavy (non-hydrogen) atoms. The van der Waals surface area contributed by atoms with Gasteiger partial charge in [-0.25, -0.2) is 0 Å². The molecule has 116 valence electrons. The number of nitrogens with one attached hydrogen (secondary N) is 1. The molecule has 0 spiro atoms. The van der Waals surface area contributed by atoms with Gasteiger partial charge in [0.25, 0.3) is 5.69 Å². The fourth-order valence-corrected chi connectivity index (χ4v) is 3.05. The molecule has 1 aliphatic heterocycles. The predicted octanol–water partition coefficient (Wildman–Crippen LogP) is 3.46. The Balaban J connectivity index is 2.22. The van der Waals surface area contributed by atoms with Crippen molar-refractivity contribution in [1.29, 1.82) is 0 Å². The second kappa shape index (κ2) is 7.61. The quantitative estimate of drug-likeness (QED) is 0.645. The van der Waals surface area contributed by atoms with E-state index in [4.69, 9.17) is 11.6 Å². The molecule has 0 radical (unpaired) electrons. The molecule has 2 rings (SSSR count). The summed E-state index contributed by atoms with van der Waals surface area (Å²) in [4.78, 5) is 13.1. The first-order chi connectivity index (χ1) is 10.1. The normalized spacial score (nSPS) is 18.5. The Morgan fingerprint density at radius 3 is 2.95 bits per heavy atom. The van der Waals surface area contributed by atoms with Gasteiger partial charge in [0.2, 0.25) is 0 Å². The molecular weight excluding hydrogens is 290 g/mol. The molecule has 1 unspecified atom stereocenters. The van der Waals surface area contributed by atoms with E-state index in [9.17, 15) is 10.1 Å². The number of halogens is 1. The van der Waals surface area contributed by atoms with Crippen molar-refractivity contribution >= 4 is 23.0 Å². The molecule has 1 fully saturated rings. The Kier molecular flexibility index (Phi) is 5.82. The van der Waals surface area contributed by atoms with Crippen LogP contribution in [0.5, 0.6) is 0 Å². The van der Waals surface area contributed by atoms with Crippen molar-refractivity contribution in [3.05, 3.63) is 33.3 Å². The molecule has 0 bridgehead atoms. The molecule has 1 saturated heterocycles. The van der Waals surface area contributed by atoms with Gasteiger partial charge in [0.05, 0.1) is 4.92 Å². The van der Waals surface area contributed by atoms with Gasteiger partial charge in [-0.15, -0.1) is 0 Å². The zero-order valence-corrected chi connectivity index (χ0v) is 13.1. The van der Waals surface area contributed by atoms with E-state index >= 15 is 0 Å². The highest BCUT2D eigenvalue weighted by atomic mass is 35.5. The van der Waals surface area contributed by atoms with Gasteiger partial charge in [0.15, 0.2) is 0 Å². The fourth-order valence-electron chi connectivity index (χ4n) is 2.88. The highest BCUT2D eigenvalue weighted by Crippen LogP contribution is 2.32. The van der Waals surface area contributed by atoms with Crippen molar-refractivity contribution in [2.24, 2.45) is 5.92 Å². The van der Waals surface area contributed by atoms with Gasteiger partial charge in [-0.1, -0.05) is 18.5 Å². The molecule has 1 heterocycles. The summed E-state index contributed by atoms with van der Waals surface area (Å²) >= 11 is 5.90. The number of hydrogen-bond acceptors (Lipinski definition) is 4. The molecule has 1 aromatic carbocycles. The lowest BCUT2D eigenvalue weighted by Crippen LogP contribution is -2.39. The molecule has 6 heteroatoms. The van der Waals surface area contributed by atoms with Crippen molar-refractivity contribution in [2.75, 3.05) is 31.1 Å². The van der Waals surface area contributed by atoms with Crippen LogP contribution in [0.2, 0.25) is 5.02 Å². The van der Waals surface area contributed by atoms with E-state index in [-0.39, 0.29) is 10.6 Å². The SMILES string of the molecule is CCCN(CC1CCCNC1)c1ccc(Cl)cc1[N+](=O)[O-]. The topological polar surface area (TPSA) is 58.4 Å². The van der Waals surface area contributed by atoms with Gasteiger partial charge >= 0.3 is 0 Å². The molecule has 5 nitrogen and oxygen atoms in total. The highest BCUT2D eigenvalue weighted by molar-refractivity contribution is 6.30. The van der Waals surface area contributed by atoms with E-state index in [1.54, 1.807) is 12.1 Å². The van der Waals surface area contributed by atoms with Crippen LogP contribution in [0, 0.1) is 16.0 Å². The van der Waals surface area contributed by atoms with Gasteiger partial charge < -0.3 is 10.2 Å². The number of nitrogens with zero attached hydrogens (tertiary/aromatic N) is 2. The van der Waals surface area contributed by atoms with Crippen LogP contribution in [0.15, 0.2) is 18.2 Å². The highest BCUT2D eigenvalue weighted by Gasteiger charge is 2.23. The minimum absolute atomic E-state index is 0.0970. The maximum absolute atomic E-state index is 11.3. The van der Waals surface area contributed by atoms with Crippen LogP contribution < -0.4 is 10.2 Å². The van der Waals surface area contributed by atoms with E-state index in [2.05, 4.69) is 17.1 Å². The van der Waals surface area contributed by atoms with E-state index < -0.39 is 0 Å². The van der Waals surface area contributed by atoms with Crippen molar-refractivity contribution in [1.82, 2.24) is 5.32 Å². The van der Waals surface area contributed by atoms with Crippen LogP contribution in [0.3, 0.4) is 0 Å². The van der Waals surface area contributed by atoms with Crippen LogP contribution in [0.25, 0.3) is 0 Å². The summed E-state index contributed by atoms with van der Waals surface area (Å²) in [5.41, 5.74) is 0.775. The monoisotopic (exact) mass is 311 g/mol. The van der Waals surface area contributed by atoms with Crippen LogP contribution in [0.1, 0.15) is 26.2 Å². The van der Waals surface area contributed by atoms with E-state index in [0.717, 1.165) is 32.6 Å². The fraction of sp³-hybridized carbons (Fsp3) is 0.600. The molecule has 1 N–H and O–H groups in total. The Morgan fingerprint density at radius 1 is 1.52 bits per heavy atom. The maximum atomic E-state index is 11.3. The van der Waals surface area contributed by atoms with E-state index in [1.807, 2.05) is 0 Å². The Hall–Kier alpha value is -1.33. The number of rotatable bonds is 6. The lowest BCUT2D eigenvalue weighted by atomic mass is 9.98. The lowest BCUT2D eigenvalue weighted by Gasteiger charge is -2.31. The number of nitro groups is 1. The molecule has 1 atom stereocenters. The summed E-state index contributed by atoms with van der Waals surface area (Å²) in [6.45, 7) is 5.82. The zero-order valence-electron chi connectivity index (χ0n) is 12.3. The molecular formula is C15H22ClN3O2. The average Bonchev–Trinajstić information content (AvgIpc) is 2.48. The van der Waals surface area contributed by atoms with Crippen LogP contribution in [-0.2, 0) is 0 Å². The first kappa shape index (κ1) is 16.0. The number of hydrogen-bond donors (Lipinski definition) is 1. The molecule has 0 amide bonds. The number of anilines is 1. The third-order valence-electron chi connectivity index (χ3n) is 3.85. The van der Waals surface area contributed by atoms with Gasteiger partial charge in [0.1, 0.15) is 5.69 Å². The third kappa shape index (κ3) is 4.32. The summed E-state index contributed by atoms with van der Waals surface area (Å²) in [5.74, 6) is 0.542. The number of piperidine rings is 1. The van der Waals surface area contributed by atoms with E-state index in [0.29, 0.717) is 16.6 Å². The zero-order chi connectivity index (χ0) is 15.2. The Labute approximate surface area is 130 Å². The van der Waals surface area contributed by atoms with Gasteiger partial charge in [-0.2, -0.15) is 0 Å². The van der Waals surface area contributed by atoms with Crippen molar-refractivity contribution in [2.45, 2.75) is 26.2 Å². The second-order valence-corrected chi connectivity index (χ2v) is 5.98. The predicted molar refractivity (Wildman–Crippen MR) is 86.2 cm³/mol.